The largest absolute Gasteiger partial charge is 0.462 e. The summed E-state index contributed by atoms with van der Waals surface area (Å²) in [7, 11) is 0. The average molecular weight is 227 g/mol. The molecule has 0 saturated heterocycles. The van der Waals surface area contributed by atoms with E-state index < -0.39 is 11.5 Å². The van der Waals surface area contributed by atoms with Gasteiger partial charge in [-0.2, -0.15) is 0 Å². The molecule has 0 aliphatic rings. The summed E-state index contributed by atoms with van der Waals surface area (Å²) >= 11 is 4.79. The second-order valence-electron chi connectivity index (χ2n) is 2.54. The van der Waals surface area contributed by atoms with Gasteiger partial charge < -0.3 is 15.5 Å². The second kappa shape index (κ2) is 4.65. The van der Waals surface area contributed by atoms with Crippen LogP contribution in [0.3, 0.4) is 0 Å². The first kappa shape index (κ1) is 11.3. The molecule has 80 valence electrons. The zero-order valence-electron chi connectivity index (χ0n) is 7.94. The van der Waals surface area contributed by atoms with E-state index >= 15 is 0 Å². The molecule has 0 atom stereocenters. The van der Waals surface area contributed by atoms with Crippen molar-refractivity contribution < 1.29 is 9.53 Å². The average Bonchev–Trinajstić information content (AvgIpc) is 2.21. The Bertz CT molecular complexity index is 455. The molecule has 0 aliphatic carbocycles. The molecule has 0 spiro atoms. The van der Waals surface area contributed by atoms with E-state index in [0.717, 1.165) is 6.33 Å². The van der Waals surface area contributed by atoms with E-state index in [9.17, 15) is 9.59 Å². The van der Waals surface area contributed by atoms with Crippen LogP contribution < -0.4 is 11.3 Å². The Morgan fingerprint density at radius 3 is 3.00 bits per heavy atom. The van der Waals surface area contributed by atoms with Gasteiger partial charge in [-0.15, -0.1) is 0 Å². The van der Waals surface area contributed by atoms with Crippen LogP contribution in [0, 0.1) is 0 Å². The van der Waals surface area contributed by atoms with E-state index in [1.54, 1.807) is 6.92 Å². The van der Waals surface area contributed by atoms with Gasteiger partial charge in [0.05, 0.1) is 12.9 Å². The Labute approximate surface area is 90.5 Å². The van der Waals surface area contributed by atoms with Crippen LogP contribution in [0.25, 0.3) is 0 Å². The number of esters is 1. The number of thiocarbonyl (C=S) groups is 1. The molecule has 0 aliphatic heterocycles. The van der Waals surface area contributed by atoms with E-state index in [0.29, 0.717) is 0 Å². The first-order valence-corrected chi connectivity index (χ1v) is 4.53. The Morgan fingerprint density at radius 2 is 2.40 bits per heavy atom. The number of rotatable bonds is 3. The number of hydrogen-bond donors (Lipinski definition) is 2. The summed E-state index contributed by atoms with van der Waals surface area (Å²) in [6.07, 6.45) is 1.12. The molecule has 0 aromatic carbocycles. The molecule has 15 heavy (non-hydrogen) atoms. The lowest BCUT2D eigenvalue weighted by Gasteiger charge is -2.04. The van der Waals surface area contributed by atoms with Crippen LogP contribution in [-0.2, 0) is 9.53 Å². The Balaban J connectivity index is 3.07. The number of nitrogen functional groups attached to an aromatic ring is 1. The van der Waals surface area contributed by atoms with E-state index in [1.165, 1.54) is 0 Å². The van der Waals surface area contributed by atoms with E-state index in [2.05, 4.69) is 14.7 Å². The number of nitrogens with one attached hydrogen (secondary N) is 1. The fraction of sp³-hybridized carbons (Fsp3) is 0.250. The number of ether oxygens (including phenoxy) is 1. The third-order valence-electron chi connectivity index (χ3n) is 1.56. The van der Waals surface area contributed by atoms with Gasteiger partial charge in [0.2, 0.25) is 0 Å². The van der Waals surface area contributed by atoms with Gasteiger partial charge in [-0.05, 0) is 6.92 Å². The topological polar surface area (TPSA) is 98.1 Å². The molecule has 0 fully saturated rings. The Morgan fingerprint density at radius 1 is 1.73 bits per heavy atom. The number of anilines is 1. The highest BCUT2D eigenvalue weighted by Gasteiger charge is 2.18. The van der Waals surface area contributed by atoms with Gasteiger partial charge in [0, 0.05) is 0 Å². The summed E-state index contributed by atoms with van der Waals surface area (Å²) in [6, 6.07) is 0. The number of aromatic nitrogens is 2. The molecular weight excluding hydrogens is 218 g/mol. The molecule has 0 bridgehead atoms. The summed E-state index contributed by atoms with van der Waals surface area (Å²) in [6.45, 7) is 1.84. The van der Waals surface area contributed by atoms with Gasteiger partial charge in [0.25, 0.3) is 5.56 Å². The lowest BCUT2D eigenvalue weighted by Crippen LogP contribution is -2.24. The van der Waals surface area contributed by atoms with Gasteiger partial charge in [-0.3, -0.25) is 4.79 Å². The number of carbonyl (C=O) groups is 1. The number of hydrogen-bond acceptors (Lipinski definition) is 6. The van der Waals surface area contributed by atoms with Crippen LogP contribution in [0.4, 0.5) is 5.69 Å². The lowest BCUT2D eigenvalue weighted by atomic mass is 10.2. The van der Waals surface area contributed by atoms with Crippen LogP contribution in [0.15, 0.2) is 11.1 Å². The number of carbonyl (C=O) groups excluding carboxylic acids is 1. The van der Waals surface area contributed by atoms with Gasteiger partial charge in [-0.25, -0.2) is 9.78 Å². The third kappa shape index (κ3) is 2.38. The zero-order valence-corrected chi connectivity index (χ0v) is 8.76. The van der Waals surface area contributed by atoms with Crippen LogP contribution >= 0.6 is 12.2 Å². The van der Waals surface area contributed by atoms with Crippen molar-refractivity contribution in [3.63, 3.8) is 0 Å². The van der Waals surface area contributed by atoms with E-state index in [1.807, 2.05) is 0 Å². The van der Waals surface area contributed by atoms with Crippen molar-refractivity contribution in [1.82, 2.24) is 9.97 Å². The molecule has 1 aromatic rings. The normalized spacial score (nSPS) is 9.67. The molecule has 1 heterocycles. The van der Waals surface area contributed by atoms with Crippen molar-refractivity contribution in [3.8, 4) is 0 Å². The highest BCUT2D eigenvalue weighted by molar-refractivity contribution is 7.82. The number of nitrogens with zero attached hydrogens (tertiary/aromatic N) is 1. The molecule has 6 nitrogen and oxygen atoms in total. The molecule has 0 radical (unpaired) electrons. The van der Waals surface area contributed by atoms with E-state index in [4.69, 9.17) is 18.0 Å². The maximum Gasteiger partial charge on any atom is 0.351 e. The maximum absolute atomic E-state index is 11.2. The number of nitrogens with two attached hydrogens (primary N) is 1. The molecule has 0 unspecified atom stereocenters. The summed E-state index contributed by atoms with van der Waals surface area (Å²) in [5.41, 5.74) is 4.67. The molecule has 7 heteroatoms. The third-order valence-corrected chi connectivity index (χ3v) is 1.92. The monoisotopic (exact) mass is 227 g/mol. The minimum absolute atomic E-state index is 0.0211. The first-order valence-electron chi connectivity index (χ1n) is 4.12. The Kier molecular flexibility index (Phi) is 3.51. The summed E-state index contributed by atoms with van der Waals surface area (Å²) in [4.78, 5) is 28.1. The van der Waals surface area contributed by atoms with Gasteiger partial charge in [0.15, 0.2) is 4.86 Å². The highest BCUT2D eigenvalue weighted by atomic mass is 32.1. The van der Waals surface area contributed by atoms with E-state index in [-0.39, 0.29) is 22.9 Å². The molecule has 0 saturated carbocycles. The number of H-pyrrole nitrogens is 1. The van der Waals surface area contributed by atoms with Crippen molar-refractivity contribution in [2.45, 2.75) is 6.92 Å². The predicted molar refractivity (Wildman–Crippen MR) is 57.6 cm³/mol. The van der Waals surface area contributed by atoms with Crippen LogP contribution in [0.5, 0.6) is 0 Å². The van der Waals surface area contributed by atoms with Crippen molar-refractivity contribution in [3.05, 3.63) is 22.4 Å². The molecule has 1 aromatic heterocycles. The minimum Gasteiger partial charge on any atom is -0.462 e. The predicted octanol–water partition coefficient (Wildman–Crippen LogP) is -0.367. The Hall–Kier alpha value is -1.76. The first-order chi connectivity index (χ1) is 7.07. The van der Waals surface area contributed by atoms with Crippen LogP contribution in [0.2, 0.25) is 0 Å². The minimum atomic E-state index is -0.711. The molecule has 1 rings (SSSR count). The standard InChI is InChI=1S/C8H9N3O3S/c1-2-14-8(13)6(15)5-4(9)7(12)11-3-10-5/h3H,2,9H2,1H3,(H,10,11,12). The molecular formula is C8H9N3O3S. The zero-order chi connectivity index (χ0) is 11.4. The molecule has 3 N–H and O–H groups in total. The maximum atomic E-state index is 11.2. The van der Waals surface area contributed by atoms with Crippen molar-refractivity contribution >= 4 is 28.7 Å². The van der Waals surface area contributed by atoms with Crippen molar-refractivity contribution in [2.24, 2.45) is 0 Å². The van der Waals surface area contributed by atoms with Crippen molar-refractivity contribution in [2.75, 3.05) is 12.3 Å². The number of aromatic amines is 1. The highest BCUT2D eigenvalue weighted by Crippen LogP contribution is 2.04. The summed E-state index contributed by atoms with van der Waals surface area (Å²) < 4.78 is 4.66. The van der Waals surface area contributed by atoms with Gasteiger partial charge >= 0.3 is 5.97 Å². The van der Waals surface area contributed by atoms with Crippen molar-refractivity contribution in [1.29, 1.82) is 0 Å². The fourth-order valence-electron chi connectivity index (χ4n) is 0.885. The summed E-state index contributed by atoms with van der Waals surface area (Å²) in [5, 5.41) is 0. The van der Waals surface area contributed by atoms with Crippen LogP contribution in [0.1, 0.15) is 12.6 Å². The lowest BCUT2D eigenvalue weighted by molar-refractivity contribution is -0.134. The fourth-order valence-corrected chi connectivity index (χ4v) is 1.11. The quantitative estimate of drug-likeness (QED) is 0.415. The second-order valence-corrected chi connectivity index (χ2v) is 2.95. The van der Waals surface area contributed by atoms with Crippen LogP contribution in [-0.4, -0.2) is 27.4 Å². The smallest absolute Gasteiger partial charge is 0.351 e. The summed E-state index contributed by atoms with van der Waals surface area (Å²) in [5.74, 6) is -0.711. The molecule has 0 amide bonds. The van der Waals surface area contributed by atoms with Gasteiger partial charge in [-0.1, -0.05) is 12.2 Å². The SMILES string of the molecule is CCOC(=O)C(=S)c1nc[nH]c(=O)c1N. The van der Waals surface area contributed by atoms with Gasteiger partial charge in [0.1, 0.15) is 11.4 Å².